The van der Waals surface area contributed by atoms with Crippen molar-refractivity contribution in [3.8, 4) is 0 Å². The summed E-state index contributed by atoms with van der Waals surface area (Å²) in [5, 5.41) is 0.366. The zero-order valence-corrected chi connectivity index (χ0v) is 16.7. The molecule has 4 nitrogen and oxygen atoms in total. The lowest BCUT2D eigenvalue weighted by Gasteiger charge is -2.13. The summed E-state index contributed by atoms with van der Waals surface area (Å²) in [6, 6.07) is 0. The van der Waals surface area contributed by atoms with Crippen LogP contribution in [0.1, 0.15) is 105 Å². The van der Waals surface area contributed by atoms with E-state index in [9.17, 15) is 4.91 Å². The van der Waals surface area contributed by atoms with Crippen molar-refractivity contribution in [2.75, 3.05) is 13.2 Å². The molecule has 0 aromatic rings. The van der Waals surface area contributed by atoms with Gasteiger partial charge in [0.1, 0.15) is 4.91 Å². The SMILES string of the molecule is CCCCCC(CCC)CO[N+](=O)OCC(CCC)CCCCC. The molecule has 0 saturated carbocycles. The molecule has 0 bridgehead atoms. The standard InChI is InChI=1S/C20H42NO3/c1-5-9-11-15-19(13-7-3)17-23-21(22)24-18-20(14-8-4)16-12-10-6-2/h19-20H,5-18H2,1-4H3/q+1. The van der Waals surface area contributed by atoms with E-state index in [0.29, 0.717) is 30.1 Å². The van der Waals surface area contributed by atoms with Crippen LogP contribution >= 0.6 is 0 Å². The highest BCUT2D eigenvalue weighted by Gasteiger charge is 2.20. The van der Waals surface area contributed by atoms with Gasteiger partial charge >= 0.3 is 5.09 Å². The Morgan fingerprint density at radius 2 is 1.04 bits per heavy atom. The lowest BCUT2D eigenvalue weighted by atomic mass is 9.97. The smallest absolute Gasteiger partial charge is 0.186 e. The quantitative estimate of drug-likeness (QED) is 0.207. The van der Waals surface area contributed by atoms with Crippen molar-refractivity contribution >= 4 is 0 Å². The first-order chi connectivity index (χ1) is 11.7. The van der Waals surface area contributed by atoms with Crippen LogP contribution in [0.15, 0.2) is 0 Å². The molecule has 0 saturated heterocycles. The van der Waals surface area contributed by atoms with E-state index in [2.05, 4.69) is 27.7 Å². The van der Waals surface area contributed by atoms with Crippen molar-refractivity contribution < 1.29 is 14.8 Å². The van der Waals surface area contributed by atoms with Crippen molar-refractivity contribution in [2.24, 2.45) is 11.8 Å². The minimum Gasteiger partial charge on any atom is -0.186 e. The molecule has 0 aliphatic carbocycles. The van der Waals surface area contributed by atoms with Crippen molar-refractivity contribution in [1.29, 1.82) is 0 Å². The molecule has 0 heterocycles. The molecule has 2 unspecified atom stereocenters. The van der Waals surface area contributed by atoms with Gasteiger partial charge in [-0.1, -0.05) is 79.1 Å². The third-order valence-corrected chi connectivity index (χ3v) is 4.66. The van der Waals surface area contributed by atoms with Crippen LogP contribution < -0.4 is 0 Å². The summed E-state index contributed by atoms with van der Waals surface area (Å²) in [5.41, 5.74) is 0. The van der Waals surface area contributed by atoms with E-state index in [1.165, 1.54) is 38.5 Å². The molecule has 0 fully saturated rings. The molecule has 0 radical (unpaired) electrons. The Hall–Kier alpha value is -0.800. The van der Waals surface area contributed by atoms with Crippen LogP contribution in [-0.2, 0) is 9.68 Å². The Morgan fingerprint density at radius 1 is 0.625 bits per heavy atom. The molecule has 0 amide bonds. The fourth-order valence-corrected chi connectivity index (χ4v) is 3.17. The second-order valence-electron chi connectivity index (χ2n) is 7.12. The highest BCUT2D eigenvalue weighted by Crippen LogP contribution is 2.18. The fourth-order valence-electron chi connectivity index (χ4n) is 3.17. The van der Waals surface area contributed by atoms with Crippen LogP contribution in [0.4, 0.5) is 0 Å². The molecule has 0 rings (SSSR count). The summed E-state index contributed by atoms with van der Waals surface area (Å²) in [7, 11) is 0. The lowest BCUT2D eigenvalue weighted by Crippen LogP contribution is -2.20. The zero-order valence-electron chi connectivity index (χ0n) is 16.7. The maximum atomic E-state index is 11.8. The minimum atomic E-state index is 0.366. The Morgan fingerprint density at radius 3 is 1.38 bits per heavy atom. The van der Waals surface area contributed by atoms with Gasteiger partial charge in [-0.15, -0.1) is 0 Å². The van der Waals surface area contributed by atoms with E-state index in [4.69, 9.17) is 9.68 Å². The first-order valence-electron chi connectivity index (χ1n) is 10.4. The highest BCUT2D eigenvalue weighted by atomic mass is 17.0. The first kappa shape index (κ1) is 23.2. The van der Waals surface area contributed by atoms with E-state index < -0.39 is 0 Å². The number of hydrogen-bond donors (Lipinski definition) is 0. The second kappa shape index (κ2) is 17.0. The average Bonchev–Trinajstić information content (AvgIpc) is 2.58. The molecular weight excluding hydrogens is 302 g/mol. The van der Waals surface area contributed by atoms with E-state index >= 15 is 0 Å². The van der Waals surface area contributed by atoms with Crippen LogP contribution in [0.3, 0.4) is 0 Å². The van der Waals surface area contributed by atoms with Gasteiger partial charge < -0.3 is 0 Å². The van der Waals surface area contributed by atoms with E-state index in [1.807, 2.05) is 0 Å². The van der Waals surface area contributed by atoms with Crippen molar-refractivity contribution in [2.45, 2.75) is 105 Å². The molecule has 0 aliphatic rings. The topological polar surface area (TPSA) is 38.5 Å². The Kier molecular flexibility index (Phi) is 16.5. The molecule has 144 valence electrons. The van der Waals surface area contributed by atoms with Gasteiger partial charge in [0.05, 0.1) is 0 Å². The van der Waals surface area contributed by atoms with Crippen LogP contribution in [-0.4, -0.2) is 18.3 Å². The molecule has 0 N–H and O–H groups in total. The van der Waals surface area contributed by atoms with Gasteiger partial charge in [-0.05, 0) is 25.7 Å². The normalized spacial score (nSPS) is 13.5. The van der Waals surface area contributed by atoms with Gasteiger partial charge in [-0.2, -0.15) is 9.68 Å². The van der Waals surface area contributed by atoms with Crippen LogP contribution in [0.5, 0.6) is 0 Å². The van der Waals surface area contributed by atoms with E-state index in [1.54, 1.807) is 0 Å². The number of unbranched alkanes of at least 4 members (excludes halogenated alkanes) is 4. The Balaban J connectivity index is 4.00. The fraction of sp³-hybridized carbons (Fsp3) is 1.00. The summed E-state index contributed by atoms with van der Waals surface area (Å²) < 4.78 is 0. The number of rotatable bonds is 18. The molecule has 0 aromatic carbocycles. The van der Waals surface area contributed by atoms with E-state index in [-0.39, 0.29) is 0 Å². The molecule has 0 spiro atoms. The molecule has 0 aromatic heterocycles. The monoisotopic (exact) mass is 344 g/mol. The third kappa shape index (κ3) is 13.6. The molecular formula is C20H42NO3+. The van der Waals surface area contributed by atoms with Crippen LogP contribution in [0, 0.1) is 16.7 Å². The van der Waals surface area contributed by atoms with Gasteiger partial charge in [0.2, 0.25) is 0 Å². The van der Waals surface area contributed by atoms with Crippen molar-refractivity contribution in [1.82, 2.24) is 0 Å². The average molecular weight is 345 g/mol. The highest BCUT2D eigenvalue weighted by molar-refractivity contribution is 4.58. The summed E-state index contributed by atoms with van der Waals surface area (Å²) in [5.74, 6) is 0.940. The summed E-state index contributed by atoms with van der Waals surface area (Å²) in [6.45, 7) is 9.76. The molecule has 2 atom stereocenters. The van der Waals surface area contributed by atoms with Crippen LogP contribution in [0.2, 0.25) is 0 Å². The minimum absolute atomic E-state index is 0.366. The Labute approximate surface area is 150 Å². The first-order valence-corrected chi connectivity index (χ1v) is 10.4. The third-order valence-electron chi connectivity index (χ3n) is 4.66. The van der Waals surface area contributed by atoms with Gasteiger partial charge in [0, 0.05) is 11.8 Å². The molecule has 24 heavy (non-hydrogen) atoms. The lowest BCUT2D eigenvalue weighted by molar-refractivity contribution is -0.982. The molecule has 0 aliphatic heterocycles. The summed E-state index contributed by atoms with van der Waals surface area (Å²) in [6.07, 6.45) is 14.2. The maximum Gasteiger partial charge on any atom is 0.477 e. The maximum absolute atomic E-state index is 11.8. The van der Waals surface area contributed by atoms with Crippen molar-refractivity contribution in [3.63, 3.8) is 0 Å². The summed E-state index contributed by atoms with van der Waals surface area (Å²) >= 11 is 0. The van der Waals surface area contributed by atoms with Gasteiger partial charge in [0.25, 0.3) is 0 Å². The predicted octanol–water partition coefficient (Wildman–Crippen LogP) is 6.62. The van der Waals surface area contributed by atoms with E-state index in [0.717, 1.165) is 38.5 Å². The van der Waals surface area contributed by atoms with Gasteiger partial charge in [-0.3, -0.25) is 0 Å². The van der Waals surface area contributed by atoms with Crippen molar-refractivity contribution in [3.05, 3.63) is 4.91 Å². The Bertz CT molecular complexity index is 258. The largest absolute Gasteiger partial charge is 0.477 e. The number of hydrogen-bond acceptors (Lipinski definition) is 3. The second-order valence-corrected chi connectivity index (χ2v) is 7.12. The number of nitrogens with zero attached hydrogens (tertiary/aromatic N) is 1. The zero-order chi connectivity index (χ0) is 18.0. The summed E-state index contributed by atoms with van der Waals surface area (Å²) in [4.78, 5) is 22.4. The molecule has 4 heteroatoms. The predicted molar refractivity (Wildman–Crippen MR) is 101 cm³/mol. The van der Waals surface area contributed by atoms with Gasteiger partial charge in [-0.25, -0.2) is 0 Å². The van der Waals surface area contributed by atoms with Gasteiger partial charge in [0.15, 0.2) is 13.2 Å². The van der Waals surface area contributed by atoms with Crippen LogP contribution in [0.25, 0.3) is 0 Å².